The lowest BCUT2D eigenvalue weighted by molar-refractivity contribution is -0.121. The molecule has 29 heavy (non-hydrogen) atoms. The molecule has 2 aliphatic heterocycles. The predicted molar refractivity (Wildman–Crippen MR) is 122 cm³/mol. The molecule has 1 amide bonds. The van der Waals surface area contributed by atoms with Gasteiger partial charge in [-0.1, -0.05) is 43.9 Å². The van der Waals surface area contributed by atoms with Crippen LogP contribution in [0.1, 0.15) is 32.8 Å². The second-order valence-corrected chi connectivity index (χ2v) is 9.54. The molecule has 2 fully saturated rings. The highest BCUT2D eigenvalue weighted by molar-refractivity contribution is 8.26. The number of hydrogen-bond donors (Lipinski definition) is 0. The maximum absolute atomic E-state index is 13.4. The third-order valence-electron chi connectivity index (χ3n) is 5.38. The van der Waals surface area contributed by atoms with Crippen LogP contribution < -0.4 is 10.5 Å². The van der Waals surface area contributed by atoms with Gasteiger partial charge in [-0.2, -0.15) is 0 Å². The van der Waals surface area contributed by atoms with Crippen molar-refractivity contribution in [1.29, 1.82) is 0 Å². The van der Waals surface area contributed by atoms with E-state index >= 15 is 0 Å². The Morgan fingerprint density at radius 3 is 2.62 bits per heavy atom. The first-order valence-electron chi connectivity index (χ1n) is 9.90. The predicted octanol–water partition coefficient (Wildman–Crippen LogP) is 3.40. The van der Waals surface area contributed by atoms with Gasteiger partial charge in [0.15, 0.2) is 0 Å². The molecule has 2 aromatic rings. The third kappa shape index (κ3) is 3.71. The summed E-state index contributed by atoms with van der Waals surface area (Å²) in [6.07, 6.45) is 4.56. The number of likely N-dealkylation sites (N-methyl/N-ethyl adjacent to an activating group) is 1. The highest BCUT2D eigenvalue weighted by Gasteiger charge is 2.32. The van der Waals surface area contributed by atoms with Crippen LogP contribution in [-0.2, 0) is 4.79 Å². The van der Waals surface area contributed by atoms with Crippen LogP contribution in [0.25, 0.3) is 11.7 Å². The first-order valence-corrected chi connectivity index (χ1v) is 11.1. The Kier molecular flexibility index (Phi) is 5.48. The van der Waals surface area contributed by atoms with Gasteiger partial charge in [-0.15, -0.1) is 0 Å². The molecule has 4 heterocycles. The number of carbonyl (C=O) groups excluding carboxylic acids is 1. The van der Waals surface area contributed by atoms with Crippen molar-refractivity contribution in [3.05, 3.63) is 45.2 Å². The number of piperidine rings is 1. The zero-order valence-corrected chi connectivity index (χ0v) is 18.4. The minimum Gasteiger partial charge on any atom is -0.355 e. The average Bonchev–Trinajstić information content (AvgIpc) is 2.95. The SMILES string of the molecule is CCN1C(=O)/C(=C/c2c(N3C[C@H](C)C[C@H](C)C3)nc3ccccn3c2=O)SC1=S. The van der Waals surface area contributed by atoms with Crippen molar-refractivity contribution in [2.45, 2.75) is 27.2 Å². The third-order valence-corrected chi connectivity index (χ3v) is 6.76. The van der Waals surface area contributed by atoms with Crippen molar-refractivity contribution in [3.63, 3.8) is 0 Å². The molecule has 0 unspecified atom stereocenters. The summed E-state index contributed by atoms with van der Waals surface area (Å²) in [6.45, 7) is 8.55. The summed E-state index contributed by atoms with van der Waals surface area (Å²) in [4.78, 5) is 35.2. The Morgan fingerprint density at radius 2 is 1.97 bits per heavy atom. The molecule has 4 rings (SSSR count). The van der Waals surface area contributed by atoms with Crippen molar-refractivity contribution in [3.8, 4) is 0 Å². The first kappa shape index (κ1) is 20.1. The molecule has 2 aromatic heterocycles. The number of anilines is 1. The van der Waals surface area contributed by atoms with Crippen LogP contribution in [0.15, 0.2) is 34.1 Å². The molecular weight excluding hydrogens is 404 g/mol. The normalized spacial score (nSPS) is 24.2. The molecular formula is C21H24N4O2S2. The summed E-state index contributed by atoms with van der Waals surface area (Å²) in [6, 6.07) is 5.52. The fourth-order valence-electron chi connectivity index (χ4n) is 4.20. The Labute approximate surface area is 179 Å². The minimum atomic E-state index is -0.168. The number of carbonyl (C=O) groups is 1. The second kappa shape index (κ2) is 7.91. The number of amides is 1. The number of pyridine rings is 1. The van der Waals surface area contributed by atoms with E-state index < -0.39 is 0 Å². The zero-order chi connectivity index (χ0) is 20.7. The Balaban J connectivity index is 1.89. The molecule has 0 aliphatic carbocycles. The molecule has 0 saturated carbocycles. The number of fused-ring (bicyclic) bond motifs is 1. The summed E-state index contributed by atoms with van der Waals surface area (Å²) >= 11 is 6.57. The van der Waals surface area contributed by atoms with Gasteiger partial charge in [-0.05, 0) is 43.4 Å². The molecule has 152 valence electrons. The lowest BCUT2D eigenvalue weighted by atomic mass is 9.91. The quantitative estimate of drug-likeness (QED) is 0.552. The van der Waals surface area contributed by atoms with E-state index in [2.05, 4.69) is 18.7 Å². The highest BCUT2D eigenvalue weighted by atomic mass is 32.2. The lowest BCUT2D eigenvalue weighted by Crippen LogP contribution is -2.40. The molecule has 0 radical (unpaired) electrons. The number of nitrogens with zero attached hydrogens (tertiary/aromatic N) is 4. The van der Waals surface area contributed by atoms with Crippen LogP contribution in [0.3, 0.4) is 0 Å². The largest absolute Gasteiger partial charge is 0.355 e. The number of hydrogen-bond acceptors (Lipinski definition) is 6. The maximum Gasteiger partial charge on any atom is 0.267 e. The summed E-state index contributed by atoms with van der Waals surface area (Å²) < 4.78 is 2.06. The van der Waals surface area contributed by atoms with E-state index in [4.69, 9.17) is 17.2 Å². The fraction of sp³-hybridized carbons (Fsp3) is 0.429. The molecule has 0 aromatic carbocycles. The Bertz CT molecular complexity index is 1070. The van der Waals surface area contributed by atoms with E-state index in [1.807, 2.05) is 19.1 Å². The van der Waals surface area contributed by atoms with Crippen LogP contribution in [0.4, 0.5) is 5.82 Å². The Hall–Kier alpha value is -2.19. The van der Waals surface area contributed by atoms with Gasteiger partial charge >= 0.3 is 0 Å². The standard InChI is InChI=1S/C21H24N4O2S2/c1-4-24-20(27)16(29-21(24)28)10-15-18(23-11-13(2)9-14(3)12-23)22-17-7-5-6-8-25(17)19(15)26/h5-8,10,13-14H,4,9,11-12H2,1-3H3/b16-10-/t13-,14+. The fourth-order valence-corrected chi connectivity index (χ4v) is 5.56. The van der Waals surface area contributed by atoms with Crippen molar-refractivity contribution in [2.24, 2.45) is 11.8 Å². The summed E-state index contributed by atoms with van der Waals surface area (Å²) in [5.41, 5.74) is 0.890. The van der Waals surface area contributed by atoms with Crippen molar-refractivity contribution in [2.75, 3.05) is 24.5 Å². The van der Waals surface area contributed by atoms with E-state index in [0.717, 1.165) is 19.5 Å². The maximum atomic E-state index is 13.4. The molecule has 8 heteroatoms. The number of rotatable bonds is 3. The van der Waals surface area contributed by atoms with E-state index in [1.54, 1.807) is 23.2 Å². The van der Waals surface area contributed by atoms with Crippen molar-refractivity contribution >= 4 is 51.7 Å². The lowest BCUT2D eigenvalue weighted by Gasteiger charge is -2.36. The topological polar surface area (TPSA) is 57.9 Å². The molecule has 2 saturated heterocycles. The van der Waals surface area contributed by atoms with Gasteiger partial charge in [-0.3, -0.25) is 18.9 Å². The monoisotopic (exact) mass is 428 g/mol. The summed E-state index contributed by atoms with van der Waals surface area (Å²) in [5, 5.41) is 0. The molecule has 0 N–H and O–H groups in total. The number of thioether (sulfide) groups is 1. The minimum absolute atomic E-state index is 0.147. The van der Waals surface area contributed by atoms with E-state index in [9.17, 15) is 9.59 Å². The van der Waals surface area contributed by atoms with Gasteiger partial charge in [-0.25, -0.2) is 4.98 Å². The molecule has 6 nitrogen and oxygen atoms in total. The zero-order valence-electron chi connectivity index (χ0n) is 16.8. The summed E-state index contributed by atoms with van der Waals surface area (Å²) in [7, 11) is 0. The van der Waals surface area contributed by atoms with Gasteiger partial charge in [0.25, 0.3) is 11.5 Å². The van der Waals surface area contributed by atoms with Gasteiger partial charge in [0, 0.05) is 25.8 Å². The van der Waals surface area contributed by atoms with E-state index in [-0.39, 0.29) is 11.5 Å². The summed E-state index contributed by atoms with van der Waals surface area (Å²) in [5.74, 6) is 1.54. The van der Waals surface area contributed by atoms with Crippen LogP contribution in [0.2, 0.25) is 0 Å². The van der Waals surface area contributed by atoms with Gasteiger partial charge < -0.3 is 4.90 Å². The number of thiocarbonyl (C=S) groups is 1. The van der Waals surface area contributed by atoms with Crippen LogP contribution >= 0.6 is 24.0 Å². The second-order valence-electron chi connectivity index (χ2n) is 7.86. The number of aromatic nitrogens is 2. The molecule has 2 atom stereocenters. The van der Waals surface area contributed by atoms with Crippen LogP contribution in [0.5, 0.6) is 0 Å². The van der Waals surface area contributed by atoms with Gasteiger partial charge in [0.05, 0.1) is 10.5 Å². The molecule has 2 aliphatic rings. The van der Waals surface area contributed by atoms with Gasteiger partial charge in [0.1, 0.15) is 15.8 Å². The molecule has 0 spiro atoms. The van der Waals surface area contributed by atoms with Crippen LogP contribution in [0, 0.1) is 11.8 Å². The highest BCUT2D eigenvalue weighted by Crippen LogP contribution is 2.34. The van der Waals surface area contributed by atoms with Crippen molar-refractivity contribution < 1.29 is 4.79 Å². The van der Waals surface area contributed by atoms with E-state index in [0.29, 0.717) is 44.6 Å². The smallest absolute Gasteiger partial charge is 0.267 e. The Morgan fingerprint density at radius 1 is 1.24 bits per heavy atom. The van der Waals surface area contributed by atoms with Crippen molar-refractivity contribution in [1.82, 2.24) is 14.3 Å². The average molecular weight is 429 g/mol. The first-order chi connectivity index (χ1) is 13.9. The molecule has 0 bridgehead atoms. The van der Waals surface area contributed by atoms with Crippen LogP contribution in [-0.4, -0.2) is 44.1 Å². The van der Waals surface area contributed by atoms with Gasteiger partial charge in [0.2, 0.25) is 0 Å². The van der Waals surface area contributed by atoms with E-state index in [1.165, 1.54) is 16.2 Å².